The molecule has 2 atom stereocenters. The Bertz CT molecular complexity index is 1050. The van der Waals surface area contributed by atoms with E-state index < -0.39 is 11.6 Å². The fraction of sp³-hybridized carbons (Fsp3) is 0.409. The van der Waals surface area contributed by atoms with Gasteiger partial charge in [-0.3, -0.25) is 4.90 Å². The predicted octanol–water partition coefficient (Wildman–Crippen LogP) is 4.10. The number of piperidine rings is 1. The van der Waals surface area contributed by atoms with E-state index in [1.165, 1.54) is 6.07 Å². The summed E-state index contributed by atoms with van der Waals surface area (Å²) in [5, 5.41) is 0. The SMILES string of the molecule is Cc1nc2c(F)cc(F)cc2n1C1CCCN(CC2COc3ccccc3O2)C1. The first-order chi connectivity index (χ1) is 14.1. The third-order valence-corrected chi connectivity index (χ3v) is 5.76. The number of hydrogen-bond acceptors (Lipinski definition) is 4. The Balaban J connectivity index is 1.34. The van der Waals surface area contributed by atoms with Crippen molar-refractivity contribution >= 4 is 11.0 Å². The number of halogens is 2. The van der Waals surface area contributed by atoms with Crippen LogP contribution in [0.3, 0.4) is 0 Å². The second-order valence-corrected chi connectivity index (χ2v) is 7.84. The zero-order chi connectivity index (χ0) is 20.0. The molecule has 1 aromatic heterocycles. The molecule has 2 unspecified atom stereocenters. The van der Waals surface area contributed by atoms with Gasteiger partial charge in [-0.2, -0.15) is 0 Å². The van der Waals surface area contributed by atoms with E-state index in [0.29, 0.717) is 17.9 Å². The monoisotopic (exact) mass is 399 g/mol. The minimum Gasteiger partial charge on any atom is -0.486 e. The number of hydrogen-bond donors (Lipinski definition) is 0. The van der Waals surface area contributed by atoms with Crippen molar-refractivity contribution in [2.45, 2.75) is 31.9 Å². The molecule has 0 saturated carbocycles. The van der Waals surface area contributed by atoms with Crippen LogP contribution in [0.15, 0.2) is 36.4 Å². The first-order valence-electron chi connectivity index (χ1n) is 10.0. The van der Waals surface area contributed by atoms with Crippen LogP contribution in [0.1, 0.15) is 24.7 Å². The number of likely N-dealkylation sites (tertiary alicyclic amines) is 1. The molecule has 3 heterocycles. The van der Waals surface area contributed by atoms with E-state index in [1.54, 1.807) is 0 Å². The highest BCUT2D eigenvalue weighted by Gasteiger charge is 2.29. The summed E-state index contributed by atoms with van der Waals surface area (Å²) in [4.78, 5) is 6.70. The minimum absolute atomic E-state index is 0.0424. The lowest BCUT2D eigenvalue weighted by Crippen LogP contribution is -2.45. The molecule has 5 nitrogen and oxygen atoms in total. The summed E-state index contributed by atoms with van der Waals surface area (Å²) < 4.78 is 41.9. The van der Waals surface area contributed by atoms with Crippen LogP contribution in [-0.2, 0) is 0 Å². The summed E-state index contributed by atoms with van der Waals surface area (Å²) in [6.45, 7) is 4.87. The molecular formula is C22H23F2N3O2. The molecule has 0 radical (unpaired) electrons. The van der Waals surface area contributed by atoms with Crippen molar-refractivity contribution in [2.24, 2.45) is 0 Å². The largest absolute Gasteiger partial charge is 0.486 e. The second-order valence-electron chi connectivity index (χ2n) is 7.84. The highest BCUT2D eigenvalue weighted by molar-refractivity contribution is 5.77. The van der Waals surface area contributed by atoms with E-state index in [-0.39, 0.29) is 17.7 Å². The molecule has 2 aliphatic rings. The van der Waals surface area contributed by atoms with Crippen LogP contribution >= 0.6 is 0 Å². The van der Waals surface area contributed by atoms with Crippen molar-refractivity contribution < 1.29 is 18.3 Å². The van der Waals surface area contributed by atoms with Crippen LogP contribution in [-0.4, -0.2) is 46.8 Å². The molecule has 5 rings (SSSR count). The van der Waals surface area contributed by atoms with Gasteiger partial charge < -0.3 is 14.0 Å². The van der Waals surface area contributed by atoms with Crippen LogP contribution in [0.5, 0.6) is 11.5 Å². The topological polar surface area (TPSA) is 39.5 Å². The van der Waals surface area contributed by atoms with Gasteiger partial charge in [0, 0.05) is 25.2 Å². The van der Waals surface area contributed by atoms with E-state index in [2.05, 4.69) is 9.88 Å². The van der Waals surface area contributed by atoms with E-state index in [4.69, 9.17) is 9.47 Å². The zero-order valence-corrected chi connectivity index (χ0v) is 16.3. The quantitative estimate of drug-likeness (QED) is 0.665. The summed E-state index contributed by atoms with van der Waals surface area (Å²) in [6.07, 6.45) is 1.91. The fourth-order valence-electron chi connectivity index (χ4n) is 4.55. The average Bonchev–Trinajstić information content (AvgIpc) is 3.04. The molecule has 152 valence electrons. The number of nitrogens with zero attached hydrogens (tertiary/aromatic N) is 3. The van der Waals surface area contributed by atoms with Crippen LogP contribution in [0, 0.1) is 18.6 Å². The molecule has 2 aliphatic heterocycles. The van der Waals surface area contributed by atoms with E-state index in [9.17, 15) is 8.78 Å². The van der Waals surface area contributed by atoms with Gasteiger partial charge in [-0.25, -0.2) is 13.8 Å². The molecule has 2 aromatic carbocycles. The van der Waals surface area contributed by atoms with Gasteiger partial charge in [-0.1, -0.05) is 12.1 Å². The lowest BCUT2D eigenvalue weighted by Gasteiger charge is -2.37. The van der Waals surface area contributed by atoms with Gasteiger partial charge in [0.1, 0.15) is 29.9 Å². The maximum Gasteiger partial charge on any atom is 0.161 e. The van der Waals surface area contributed by atoms with Crippen molar-refractivity contribution in [3.8, 4) is 11.5 Å². The number of ether oxygens (including phenoxy) is 2. The minimum atomic E-state index is -0.610. The number of benzene rings is 2. The number of aryl methyl sites for hydroxylation is 1. The molecule has 3 aromatic rings. The Hall–Kier alpha value is -2.67. The maximum absolute atomic E-state index is 14.2. The van der Waals surface area contributed by atoms with Gasteiger partial charge in [0.05, 0.1) is 5.52 Å². The maximum atomic E-state index is 14.2. The van der Waals surface area contributed by atoms with Crippen molar-refractivity contribution in [2.75, 3.05) is 26.2 Å². The van der Waals surface area contributed by atoms with E-state index in [1.807, 2.05) is 35.8 Å². The van der Waals surface area contributed by atoms with E-state index >= 15 is 0 Å². The van der Waals surface area contributed by atoms with Crippen LogP contribution < -0.4 is 9.47 Å². The molecule has 1 saturated heterocycles. The normalized spacial score (nSPS) is 22.2. The Morgan fingerprint density at radius 1 is 1.17 bits per heavy atom. The number of aromatic nitrogens is 2. The van der Waals surface area contributed by atoms with Crippen molar-refractivity contribution in [1.29, 1.82) is 0 Å². The van der Waals surface area contributed by atoms with Crippen molar-refractivity contribution in [1.82, 2.24) is 14.5 Å². The molecule has 0 bridgehead atoms. The molecule has 0 spiro atoms. The highest BCUT2D eigenvalue weighted by Crippen LogP contribution is 2.33. The lowest BCUT2D eigenvalue weighted by molar-refractivity contribution is 0.0462. The molecular weight excluding hydrogens is 376 g/mol. The summed E-state index contributed by atoms with van der Waals surface area (Å²) in [5.41, 5.74) is 0.764. The fourth-order valence-corrected chi connectivity index (χ4v) is 4.55. The smallest absolute Gasteiger partial charge is 0.161 e. The summed E-state index contributed by atoms with van der Waals surface area (Å²) in [5.74, 6) is 1.09. The Morgan fingerprint density at radius 3 is 2.86 bits per heavy atom. The van der Waals surface area contributed by atoms with E-state index in [0.717, 1.165) is 50.0 Å². The van der Waals surface area contributed by atoms with Crippen LogP contribution in [0.2, 0.25) is 0 Å². The van der Waals surface area contributed by atoms with Gasteiger partial charge in [0.15, 0.2) is 17.3 Å². The Kier molecular flexibility index (Phi) is 4.62. The predicted molar refractivity (Wildman–Crippen MR) is 105 cm³/mol. The van der Waals surface area contributed by atoms with Crippen LogP contribution in [0.25, 0.3) is 11.0 Å². The third-order valence-electron chi connectivity index (χ3n) is 5.76. The number of imidazole rings is 1. The highest BCUT2D eigenvalue weighted by atomic mass is 19.1. The van der Waals surface area contributed by atoms with Gasteiger partial charge >= 0.3 is 0 Å². The van der Waals surface area contributed by atoms with Crippen LogP contribution in [0.4, 0.5) is 8.78 Å². The number of fused-ring (bicyclic) bond motifs is 2. The molecule has 29 heavy (non-hydrogen) atoms. The molecule has 7 heteroatoms. The first-order valence-corrected chi connectivity index (χ1v) is 10.0. The average molecular weight is 399 g/mol. The molecule has 0 amide bonds. The number of rotatable bonds is 3. The van der Waals surface area contributed by atoms with Gasteiger partial charge in [0.25, 0.3) is 0 Å². The second kappa shape index (κ2) is 7.30. The standard InChI is InChI=1S/C22H23F2N3O2/c1-14-25-22-18(24)9-15(23)10-19(22)27(14)16-5-4-8-26(11-16)12-17-13-28-20-6-2-3-7-21(20)29-17/h2-3,6-7,9-10,16-17H,4-5,8,11-13H2,1H3. The summed E-state index contributed by atoms with van der Waals surface area (Å²) in [6, 6.07) is 10.1. The van der Waals surface area contributed by atoms with Crippen molar-refractivity contribution in [3.05, 3.63) is 53.9 Å². The first kappa shape index (κ1) is 18.4. The Morgan fingerprint density at radius 2 is 2.00 bits per heavy atom. The molecule has 0 aliphatic carbocycles. The molecule has 0 N–H and O–H groups in total. The van der Waals surface area contributed by atoms with Gasteiger partial charge in [-0.05, 0) is 44.5 Å². The molecule has 1 fully saturated rings. The lowest BCUT2D eigenvalue weighted by atomic mass is 10.0. The third kappa shape index (κ3) is 3.44. The summed E-state index contributed by atoms with van der Waals surface area (Å²) in [7, 11) is 0. The van der Waals surface area contributed by atoms with Crippen molar-refractivity contribution in [3.63, 3.8) is 0 Å². The summed E-state index contributed by atoms with van der Waals surface area (Å²) >= 11 is 0. The Labute approximate surface area is 167 Å². The van der Waals surface area contributed by atoms with Gasteiger partial charge in [-0.15, -0.1) is 0 Å². The number of para-hydroxylation sites is 2. The van der Waals surface area contributed by atoms with Gasteiger partial charge in [0.2, 0.25) is 0 Å². The zero-order valence-electron chi connectivity index (χ0n) is 16.3.